The van der Waals surface area contributed by atoms with Gasteiger partial charge in [0.05, 0.1) is 19.9 Å². The molecule has 2 aromatic heterocycles. The Bertz CT molecular complexity index is 996. The van der Waals surface area contributed by atoms with Gasteiger partial charge < -0.3 is 9.30 Å². The van der Waals surface area contributed by atoms with Crippen LogP contribution in [-0.4, -0.2) is 28.8 Å². The molecule has 1 aromatic carbocycles. The number of hydrogen-bond acceptors (Lipinski definition) is 5. The van der Waals surface area contributed by atoms with Crippen LogP contribution in [0, 0.1) is 0 Å². The third-order valence-electron chi connectivity index (χ3n) is 3.86. The summed E-state index contributed by atoms with van der Waals surface area (Å²) in [6.45, 7) is 0.351. The van der Waals surface area contributed by atoms with E-state index in [0.29, 0.717) is 6.54 Å². The summed E-state index contributed by atoms with van der Waals surface area (Å²) < 4.78 is 6.60. The Balaban J connectivity index is 1.72. The summed E-state index contributed by atoms with van der Waals surface area (Å²) in [4.78, 5) is 28.8. The zero-order chi connectivity index (χ0) is 19.1. The number of methoxy groups -OCH3 is 1. The van der Waals surface area contributed by atoms with E-state index in [9.17, 15) is 9.59 Å². The second kappa shape index (κ2) is 8.57. The van der Waals surface area contributed by atoms with E-state index in [1.807, 2.05) is 24.3 Å². The fraction of sp³-hybridized carbons (Fsp3) is 0.100. The van der Waals surface area contributed by atoms with Crippen LogP contribution in [0.5, 0.6) is 5.75 Å². The van der Waals surface area contributed by atoms with E-state index < -0.39 is 5.91 Å². The van der Waals surface area contributed by atoms with E-state index >= 15 is 0 Å². The van der Waals surface area contributed by atoms with Crippen molar-refractivity contribution in [3.8, 4) is 5.75 Å². The Hall–Kier alpha value is -3.74. The van der Waals surface area contributed by atoms with Gasteiger partial charge in [0.2, 0.25) is 0 Å². The number of ether oxygens (including phenoxy) is 1. The lowest BCUT2D eigenvalue weighted by Crippen LogP contribution is -2.30. The zero-order valence-electron chi connectivity index (χ0n) is 14.7. The largest absolute Gasteiger partial charge is 0.497 e. The van der Waals surface area contributed by atoms with Crippen molar-refractivity contribution in [3.05, 3.63) is 94.2 Å². The predicted molar refractivity (Wildman–Crippen MR) is 102 cm³/mol. The molecule has 0 spiro atoms. The maximum Gasteiger partial charge on any atom is 0.276 e. The SMILES string of the molecule is COc1ccc(Cn2cccc(C(=O)N/N=C\c3ccncc3)c2=O)cc1. The molecule has 1 N–H and O–H groups in total. The highest BCUT2D eigenvalue weighted by molar-refractivity contribution is 5.94. The molecule has 0 aliphatic heterocycles. The van der Waals surface area contributed by atoms with Crippen LogP contribution < -0.4 is 15.7 Å². The number of aromatic nitrogens is 2. The Kier molecular flexibility index (Phi) is 5.73. The molecule has 0 aliphatic carbocycles. The molecule has 27 heavy (non-hydrogen) atoms. The first-order valence-electron chi connectivity index (χ1n) is 8.23. The third kappa shape index (κ3) is 4.66. The highest BCUT2D eigenvalue weighted by Crippen LogP contribution is 2.11. The van der Waals surface area contributed by atoms with Crippen molar-refractivity contribution in [1.82, 2.24) is 15.0 Å². The summed E-state index contributed by atoms with van der Waals surface area (Å²) in [6.07, 6.45) is 6.37. The quantitative estimate of drug-likeness (QED) is 0.537. The lowest BCUT2D eigenvalue weighted by Gasteiger charge is -2.08. The summed E-state index contributed by atoms with van der Waals surface area (Å²) in [5, 5.41) is 3.88. The van der Waals surface area contributed by atoms with Crippen LogP contribution in [0.2, 0.25) is 0 Å². The number of hydrogen-bond donors (Lipinski definition) is 1. The van der Waals surface area contributed by atoms with Gasteiger partial charge in [-0.3, -0.25) is 14.6 Å². The van der Waals surface area contributed by atoms with Crippen LogP contribution in [-0.2, 0) is 6.54 Å². The Morgan fingerprint density at radius 3 is 2.63 bits per heavy atom. The first-order chi connectivity index (χ1) is 13.2. The molecular formula is C20H18N4O3. The van der Waals surface area contributed by atoms with Gasteiger partial charge >= 0.3 is 0 Å². The predicted octanol–water partition coefficient (Wildman–Crippen LogP) is 2.06. The second-order valence-electron chi connectivity index (χ2n) is 5.68. The minimum absolute atomic E-state index is 0.0258. The number of amides is 1. The van der Waals surface area contributed by atoms with E-state index in [1.165, 1.54) is 16.8 Å². The summed E-state index contributed by atoms with van der Waals surface area (Å²) >= 11 is 0. The molecule has 0 aliphatic rings. The van der Waals surface area contributed by atoms with Crippen molar-refractivity contribution in [2.24, 2.45) is 5.10 Å². The van der Waals surface area contributed by atoms with Crippen LogP contribution in [0.1, 0.15) is 21.5 Å². The van der Waals surface area contributed by atoms with E-state index in [1.54, 1.807) is 43.9 Å². The van der Waals surface area contributed by atoms with Crippen molar-refractivity contribution in [2.45, 2.75) is 6.54 Å². The van der Waals surface area contributed by atoms with Crippen LogP contribution in [0.3, 0.4) is 0 Å². The average Bonchev–Trinajstić information content (AvgIpc) is 2.71. The minimum atomic E-state index is -0.561. The lowest BCUT2D eigenvalue weighted by atomic mass is 10.2. The molecule has 7 nitrogen and oxygen atoms in total. The van der Waals surface area contributed by atoms with Gasteiger partial charge in [0, 0.05) is 18.6 Å². The van der Waals surface area contributed by atoms with Crippen LogP contribution >= 0.6 is 0 Å². The smallest absolute Gasteiger partial charge is 0.276 e. The molecule has 0 saturated heterocycles. The van der Waals surface area contributed by atoms with Crippen LogP contribution in [0.15, 0.2) is 77.0 Å². The number of benzene rings is 1. The molecule has 0 radical (unpaired) electrons. The molecular weight excluding hydrogens is 344 g/mol. The summed E-state index contributed by atoms with van der Waals surface area (Å²) in [5.74, 6) is 0.181. The monoisotopic (exact) mass is 362 g/mol. The fourth-order valence-electron chi connectivity index (χ4n) is 2.44. The van der Waals surface area contributed by atoms with Crippen LogP contribution in [0.25, 0.3) is 0 Å². The summed E-state index contributed by atoms with van der Waals surface area (Å²) in [7, 11) is 1.60. The van der Waals surface area contributed by atoms with Gasteiger partial charge in [-0.2, -0.15) is 5.10 Å². The van der Waals surface area contributed by atoms with Gasteiger partial charge in [-0.25, -0.2) is 5.43 Å². The number of hydrazone groups is 1. The first kappa shape index (κ1) is 18.1. The molecule has 1 amide bonds. The third-order valence-corrected chi connectivity index (χ3v) is 3.86. The Morgan fingerprint density at radius 2 is 1.93 bits per heavy atom. The molecule has 0 bridgehead atoms. The van der Waals surface area contributed by atoms with E-state index in [4.69, 9.17) is 4.74 Å². The van der Waals surface area contributed by atoms with Gasteiger partial charge in [-0.15, -0.1) is 0 Å². The van der Waals surface area contributed by atoms with Gasteiger partial charge in [0.15, 0.2) is 0 Å². The number of nitrogens with zero attached hydrogens (tertiary/aromatic N) is 3. The number of nitrogens with one attached hydrogen (secondary N) is 1. The number of pyridine rings is 2. The van der Waals surface area contributed by atoms with E-state index in [-0.39, 0.29) is 11.1 Å². The van der Waals surface area contributed by atoms with Crippen molar-refractivity contribution in [1.29, 1.82) is 0 Å². The standard InChI is InChI=1S/C20H18N4O3/c1-27-17-6-4-16(5-7-17)14-24-12-2-3-18(20(24)26)19(25)23-22-13-15-8-10-21-11-9-15/h2-13H,14H2,1H3,(H,23,25)/b22-13-. The highest BCUT2D eigenvalue weighted by Gasteiger charge is 2.11. The number of carbonyl (C=O) groups is 1. The molecule has 0 atom stereocenters. The number of rotatable bonds is 6. The van der Waals surface area contributed by atoms with Crippen molar-refractivity contribution in [2.75, 3.05) is 7.11 Å². The maximum absolute atomic E-state index is 12.6. The summed E-state index contributed by atoms with van der Waals surface area (Å²) in [5.41, 5.74) is 3.73. The number of carbonyl (C=O) groups excluding carboxylic acids is 1. The Morgan fingerprint density at radius 1 is 1.19 bits per heavy atom. The minimum Gasteiger partial charge on any atom is -0.497 e. The molecule has 136 valence electrons. The van der Waals surface area contributed by atoms with E-state index in [2.05, 4.69) is 15.5 Å². The molecule has 3 aromatic rings. The molecule has 0 saturated carbocycles. The van der Waals surface area contributed by atoms with Gasteiger partial charge in [0.25, 0.3) is 11.5 Å². The molecule has 2 heterocycles. The van der Waals surface area contributed by atoms with Gasteiger partial charge in [0.1, 0.15) is 11.3 Å². The first-order valence-corrected chi connectivity index (χ1v) is 8.23. The summed E-state index contributed by atoms with van der Waals surface area (Å²) in [6, 6.07) is 14.0. The van der Waals surface area contributed by atoms with Gasteiger partial charge in [-0.1, -0.05) is 12.1 Å². The van der Waals surface area contributed by atoms with Gasteiger partial charge in [-0.05, 0) is 47.5 Å². The fourth-order valence-corrected chi connectivity index (χ4v) is 2.44. The molecule has 0 fully saturated rings. The second-order valence-corrected chi connectivity index (χ2v) is 5.68. The maximum atomic E-state index is 12.6. The zero-order valence-corrected chi connectivity index (χ0v) is 14.7. The lowest BCUT2D eigenvalue weighted by molar-refractivity contribution is 0.0953. The van der Waals surface area contributed by atoms with Crippen molar-refractivity contribution < 1.29 is 9.53 Å². The van der Waals surface area contributed by atoms with Crippen LogP contribution in [0.4, 0.5) is 0 Å². The molecule has 0 unspecified atom stereocenters. The van der Waals surface area contributed by atoms with E-state index in [0.717, 1.165) is 16.9 Å². The topological polar surface area (TPSA) is 85.6 Å². The van der Waals surface area contributed by atoms with Crippen molar-refractivity contribution in [3.63, 3.8) is 0 Å². The highest BCUT2D eigenvalue weighted by atomic mass is 16.5. The average molecular weight is 362 g/mol. The molecule has 3 rings (SSSR count). The molecule has 7 heteroatoms. The Labute approximate surface area is 156 Å². The van der Waals surface area contributed by atoms with Crippen molar-refractivity contribution >= 4 is 12.1 Å². The normalized spacial score (nSPS) is 10.7.